The van der Waals surface area contributed by atoms with Gasteiger partial charge in [0.1, 0.15) is 5.75 Å². The molecular formula is C20H21Cl3N2O4S. The number of halogens is 3. The van der Waals surface area contributed by atoms with Crippen LogP contribution < -0.4 is 10.1 Å². The maximum Gasteiger partial charge on any atom is 0.228 e. The molecule has 1 fully saturated rings. The highest BCUT2D eigenvalue weighted by Crippen LogP contribution is 2.30. The van der Waals surface area contributed by atoms with Crippen LogP contribution in [0.2, 0.25) is 15.1 Å². The average molecular weight is 492 g/mol. The fraction of sp³-hybridized carbons (Fsp3) is 0.350. The van der Waals surface area contributed by atoms with Gasteiger partial charge in [0.15, 0.2) is 0 Å². The molecule has 30 heavy (non-hydrogen) atoms. The lowest BCUT2D eigenvalue weighted by molar-refractivity contribution is -0.120. The maximum atomic E-state index is 12.9. The number of methoxy groups -OCH3 is 1. The van der Waals surface area contributed by atoms with E-state index in [-0.39, 0.29) is 18.2 Å². The summed E-state index contributed by atoms with van der Waals surface area (Å²) in [6, 6.07) is 9.63. The van der Waals surface area contributed by atoms with Crippen molar-refractivity contribution in [1.82, 2.24) is 4.31 Å². The smallest absolute Gasteiger partial charge is 0.228 e. The lowest BCUT2D eigenvalue weighted by Crippen LogP contribution is -2.44. The van der Waals surface area contributed by atoms with Crippen molar-refractivity contribution >= 4 is 56.4 Å². The van der Waals surface area contributed by atoms with E-state index in [0.717, 1.165) is 0 Å². The molecule has 1 heterocycles. The molecule has 0 saturated carbocycles. The summed E-state index contributed by atoms with van der Waals surface area (Å²) in [5.74, 6) is -0.539. The Morgan fingerprint density at radius 1 is 1.17 bits per heavy atom. The Hall–Kier alpha value is -1.51. The summed E-state index contributed by atoms with van der Waals surface area (Å²) in [5, 5.41) is 3.99. The summed E-state index contributed by atoms with van der Waals surface area (Å²) in [7, 11) is -2.15. The van der Waals surface area contributed by atoms with E-state index in [1.165, 1.54) is 17.5 Å². The number of sulfonamides is 1. The van der Waals surface area contributed by atoms with Gasteiger partial charge in [0.25, 0.3) is 0 Å². The minimum atomic E-state index is -3.65. The van der Waals surface area contributed by atoms with Crippen molar-refractivity contribution in [3.8, 4) is 5.75 Å². The van der Waals surface area contributed by atoms with Gasteiger partial charge in [-0.2, -0.15) is 0 Å². The largest absolute Gasteiger partial charge is 0.495 e. The van der Waals surface area contributed by atoms with Gasteiger partial charge in [0, 0.05) is 28.2 Å². The van der Waals surface area contributed by atoms with E-state index in [2.05, 4.69) is 5.32 Å². The van der Waals surface area contributed by atoms with Crippen LogP contribution in [0.4, 0.5) is 5.69 Å². The molecule has 0 aliphatic carbocycles. The standard InChI is InChI=1S/C20H21Cl3N2O4S/c1-29-19-7-6-16(22)10-18(19)24-20(26)13-3-2-8-25(11-13)30(27,28)12-14-4-5-15(21)9-17(14)23/h4-7,9-10,13H,2-3,8,11-12H2,1H3,(H,24,26). The highest BCUT2D eigenvalue weighted by molar-refractivity contribution is 7.88. The summed E-state index contributed by atoms with van der Waals surface area (Å²) in [5.41, 5.74) is 0.916. The zero-order valence-corrected chi connectivity index (χ0v) is 19.3. The summed E-state index contributed by atoms with van der Waals surface area (Å²) in [6.45, 7) is 0.458. The highest BCUT2D eigenvalue weighted by Gasteiger charge is 2.33. The SMILES string of the molecule is COc1ccc(Cl)cc1NC(=O)C1CCCN(S(=O)(=O)Cc2ccc(Cl)cc2Cl)C1. The van der Waals surface area contributed by atoms with Crippen LogP contribution in [0.3, 0.4) is 0 Å². The average Bonchev–Trinajstić information content (AvgIpc) is 2.70. The van der Waals surface area contributed by atoms with E-state index in [0.29, 0.717) is 51.5 Å². The fourth-order valence-corrected chi connectivity index (χ4v) is 5.72. The van der Waals surface area contributed by atoms with Crippen LogP contribution in [-0.4, -0.2) is 38.8 Å². The van der Waals surface area contributed by atoms with Crippen molar-refractivity contribution in [1.29, 1.82) is 0 Å². The molecule has 2 aromatic carbocycles. The summed E-state index contributed by atoms with van der Waals surface area (Å²) >= 11 is 18.0. The second kappa shape index (κ2) is 9.75. The van der Waals surface area contributed by atoms with E-state index in [1.54, 1.807) is 30.3 Å². The first kappa shape index (κ1) is 23.2. The van der Waals surface area contributed by atoms with Crippen molar-refractivity contribution in [2.24, 2.45) is 5.92 Å². The van der Waals surface area contributed by atoms with Gasteiger partial charge >= 0.3 is 0 Å². The molecule has 162 valence electrons. The Bertz CT molecular complexity index is 1050. The third kappa shape index (κ3) is 5.59. The summed E-state index contributed by atoms with van der Waals surface area (Å²) in [6.07, 6.45) is 1.17. The van der Waals surface area contributed by atoms with Gasteiger partial charge in [0.2, 0.25) is 15.9 Å². The number of piperidine rings is 1. The summed E-state index contributed by atoms with van der Waals surface area (Å²) in [4.78, 5) is 12.8. The molecule has 6 nitrogen and oxygen atoms in total. The van der Waals surface area contributed by atoms with E-state index in [1.807, 2.05) is 0 Å². The Balaban J connectivity index is 1.71. The number of nitrogens with one attached hydrogen (secondary N) is 1. The van der Waals surface area contributed by atoms with Crippen molar-refractivity contribution in [2.45, 2.75) is 18.6 Å². The zero-order chi connectivity index (χ0) is 21.9. The maximum absolute atomic E-state index is 12.9. The summed E-state index contributed by atoms with van der Waals surface area (Å²) < 4.78 is 32.5. The molecule has 2 aromatic rings. The second-order valence-electron chi connectivity index (χ2n) is 7.02. The van der Waals surface area contributed by atoms with E-state index < -0.39 is 15.9 Å². The molecule has 0 spiro atoms. The molecule has 1 aliphatic heterocycles. The number of hydrogen-bond acceptors (Lipinski definition) is 4. The predicted octanol–water partition coefficient (Wildman–Crippen LogP) is 4.84. The molecule has 1 aliphatic rings. The molecule has 1 saturated heterocycles. The number of ether oxygens (including phenoxy) is 1. The van der Waals surface area contributed by atoms with Crippen LogP contribution in [0.5, 0.6) is 5.75 Å². The number of hydrogen-bond donors (Lipinski definition) is 1. The second-order valence-corrected chi connectivity index (χ2v) is 10.3. The quantitative estimate of drug-likeness (QED) is 0.627. The number of anilines is 1. The van der Waals surface area contributed by atoms with Crippen LogP contribution in [0.25, 0.3) is 0 Å². The number of rotatable bonds is 6. The van der Waals surface area contributed by atoms with Crippen LogP contribution in [-0.2, 0) is 20.6 Å². The molecule has 0 aromatic heterocycles. The normalized spacial score (nSPS) is 17.5. The van der Waals surface area contributed by atoms with Gasteiger partial charge in [-0.15, -0.1) is 0 Å². The number of carbonyl (C=O) groups excluding carboxylic acids is 1. The lowest BCUT2D eigenvalue weighted by atomic mass is 9.98. The molecule has 0 bridgehead atoms. The van der Waals surface area contributed by atoms with Crippen LogP contribution >= 0.6 is 34.8 Å². The van der Waals surface area contributed by atoms with E-state index in [4.69, 9.17) is 39.5 Å². The van der Waals surface area contributed by atoms with Crippen LogP contribution in [0.1, 0.15) is 18.4 Å². The van der Waals surface area contributed by atoms with Crippen molar-refractivity contribution < 1.29 is 17.9 Å². The third-order valence-corrected chi connectivity index (χ3v) is 7.54. The van der Waals surface area contributed by atoms with E-state index >= 15 is 0 Å². The molecule has 0 radical (unpaired) electrons. The minimum Gasteiger partial charge on any atom is -0.495 e. The van der Waals surface area contributed by atoms with E-state index in [9.17, 15) is 13.2 Å². The van der Waals surface area contributed by atoms with Crippen molar-refractivity contribution in [2.75, 3.05) is 25.5 Å². The molecule has 1 N–H and O–H groups in total. The number of benzene rings is 2. The van der Waals surface area contributed by atoms with Gasteiger partial charge in [0.05, 0.1) is 24.5 Å². The van der Waals surface area contributed by atoms with Crippen LogP contribution in [0.15, 0.2) is 36.4 Å². The molecular weight excluding hydrogens is 471 g/mol. The van der Waals surface area contributed by atoms with Gasteiger partial charge in [-0.1, -0.05) is 40.9 Å². The van der Waals surface area contributed by atoms with Gasteiger partial charge in [-0.3, -0.25) is 4.79 Å². The Labute approximate surface area is 191 Å². The van der Waals surface area contributed by atoms with Crippen molar-refractivity contribution in [3.05, 3.63) is 57.0 Å². The number of amides is 1. The zero-order valence-electron chi connectivity index (χ0n) is 16.2. The number of carbonyl (C=O) groups is 1. The molecule has 1 atom stereocenters. The molecule has 1 unspecified atom stereocenters. The first-order valence-corrected chi connectivity index (χ1v) is 12.0. The number of nitrogens with zero attached hydrogens (tertiary/aromatic N) is 1. The third-order valence-electron chi connectivity index (χ3n) is 4.92. The molecule has 1 amide bonds. The highest BCUT2D eigenvalue weighted by atomic mass is 35.5. The monoisotopic (exact) mass is 490 g/mol. The van der Waals surface area contributed by atoms with Gasteiger partial charge < -0.3 is 10.1 Å². The first-order chi connectivity index (χ1) is 14.2. The fourth-order valence-electron chi connectivity index (χ4n) is 3.35. The predicted molar refractivity (Wildman–Crippen MR) is 120 cm³/mol. The van der Waals surface area contributed by atoms with Gasteiger partial charge in [-0.05, 0) is 48.7 Å². The van der Waals surface area contributed by atoms with Gasteiger partial charge in [-0.25, -0.2) is 12.7 Å². The molecule has 3 rings (SSSR count). The molecule has 10 heteroatoms. The Kier molecular flexibility index (Phi) is 7.52. The Morgan fingerprint density at radius 2 is 1.87 bits per heavy atom. The lowest BCUT2D eigenvalue weighted by Gasteiger charge is -2.31. The topological polar surface area (TPSA) is 75.7 Å². The Morgan fingerprint density at radius 3 is 2.57 bits per heavy atom. The van der Waals surface area contributed by atoms with Crippen LogP contribution in [0, 0.1) is 5.92 Å². The van der Waals surface area contributed by atoms with Crippen molar-refractivity contribution in [3.63, 3.8) is 0 Å². The minimum absolute atomic E-state index is 0.0995. The first-order valence-electron chi connectivity index (χ1n) is 9.26.